The summed E-state index contributed by atoms with van der Waals surface area (Å²) in [4.78, 5) is 12.1. The van der Waals surface area contributed by atoms with E-state index in [1.54, 1.807) is 36.4 Å². The van der Waals surface area contributed by atoms with E-state index >= 15 is 0 Å². The molecule has 0 aliphatic heterocycles. The van der Waals surface area contributed by atoms with Crippen LogP contribution in [0.4, 0.5) is 5.69 Å². The average molecular weight is 283 g/mol. The van der Waals surface area contributed by atoms with Crippen LogP contribution in [0.25, 0.3) is 0 Å². The summed E-state index contributed by atoms with van der Waals surface area (Å²) in [5.41, 5.74) is 10.9. The van der Waals surface area contributed by atoms with E-state index in [-0.39, 0.29) is 5.91 Å². The Morgan fingerprint density at radius 3 is 2.48 bits per heavy atom. The topological polar surface area (TPSA) is 76.7 Å². The van der Waals surface area contributed by atoms with Crippen LogP contribution in [0.1, 0.15) is 22.8 Å². The van der Waals surface area contributed by atoms with E-state index in [0.29, 0.717) is 22.7 Å². The van der Waals surface area contributed by atoms with Gasteiger partial charge in [-0.3, -0.25) is 4.79 Å². The molecule has 21 heavy (non-hydrogen) atoms. The fourth-order valence-electron chi connectivity index (χ4n) is 1.82. The number of rotatable bonds is 4. The number of nitrogens with zero attached hydrogens (tertiary/aromatic N) is 1. The lowest BCUT2D eigenvalue weighted by Gasteiger charge is -2.07. The molecule has 0 radical (unpaired) electrons. The molecule has 0 bridgehead atoms. The number of hydrogen-bond donors (Lipinski definition) is 2. The van der Waals surface area contributed by atoms with E-state index in [1.807, 2.05) is 19.1 Å². The number of anilines is 1. The van der Waals surface area contributed by atoms with Gasteiger partial charge in [0.1, 0.15) is 5.75 Å². The first-order valence-electron chi connectivity index (χ1n) is 6.45. The molecule has 0 saturated heterocycles. The van der Waals surface area contributed by atoms with Crippen LogP contribution in [0.5, 0.6) is 5.75 Å². The Labute approximate surface area is 123 Å². The van der Waals surface area contributed by atoms with Gasteiger partial charge in [0.2, 0.25) is 0 Å². The highest BCUT2D eigenvalue weighted by atomic mass is 16.5. The Balaban J connectivity index is 2.12. The summed E-state index contributed by atoms with van der Waals surface area (Å²) in [7, 11) is 1.52. The van der Waals surface area contributed by atoms with Crippen LogP contribution in [-0.2, 0) is 0 Å². The molecule has 1 amide bonds. The van der Waals surface area contributed by atoms with Crippen LogP contribution in [-0.4, -0.2) is 18.7 Å². The lowest BCUT2D eigenvalue weighted by molar-refractivity contribution is 0.0952. The Morgan fingerprint density at radius 2 is 1.81 bits per heavy atom. The van der Waals surface area contributed by atoms with Crippen molar-refractivity contribution >= 4 is 17.3 Å². The van der Waals surface area contributed by atoms with Gasteiger partial charge in [-0.25, -0.2) is 5.43 Å². The van der Waals surface area contributed by atoms with Crippen molar-refractivity contribution < 1.29 is 9.53 Å². The van der Waals surface area contributed by atoms with Gasteiger partial charge in [0.25, 0.3) is 5.91 Å². The third-order valence-corrected chi connectivity index (χ3v) is 3.01. The molecule has 2 aromatic rings. The second kappa shape index (κ2) is 6.56. The fourth-order valence-corrected chi connectivity index (χ4v) is 1.82. The van der Waals surface area contributed by atoms with Gasteiger partial charge in [-0.2, -0.15) is 5.10 Å². The Hall–Kier alpha value is -2.82. The molecule has 2 rings (SSSR count). The first kappa shape index (κ1) is 14.6. The third kappa shape index (κ3) is 3.60. The second-order valence-electron chi connectivity index (χ2n) is 4.46. The van der Waals surface area contributed by atoms with Gasteiger partial charge in [0.15, 0.2) is 0 Å². The number of carbonyl (C=O) groups is 1. The molecule has 0 heterocycles. The highest BCUT2D eigenvalue weighted by Gasteiger charge is 2.10. The van der Waals surface area contributed by atoms with Gasteiger partial charge >= 0.3 is 0 Å². The molecule has 0 aliphatic carbocycles. The molecule has 0 aliphatic rings. The van der Waals surface area contributed by atoms with Crippen molar-refractivity contribution in [2.24, 2.45) is 5.10 Å². The van der Waals surface area contributed by atoms with E-state index in [9.17, 15) is 4.79 Å². The molecule has 0 spiro atoms. The van der Waals surface area contributed by atoms with Gasteiger partial charge in [0, 0.05) is 5.69 Å². The van der Waals surface area contributed by atoms with Gasteiger partial charge in [-0.15, -0.1) is 0 Å². The summed E-state index contributed by atoms with van der Waals surface area (Å²) in [6, 6.07) is 14.3. The maximum atomic E-state index is 12.1. The molecule has 108 valence electrons. The average Bonchev–Trinajstić information content (AvgIpc) is 2.52. The van der Waals surface area contributed by atoms with Crippen LogP contribution in [0, 0.1) is 0 Å². The number of benzene rings is 2. The number of amides is 1. The highest BCUT2D eigenvalue weighted by molar-refractivity contribution is 6.01. The van der Waals surface area contributed by atoms with Crippen molar-refractivity contribution in [3.63, 3.8) is 0 Å². The molecule has 5 nitrogen and oxygen atoms in total. The monoisotopic (exact) mass is 283 g/mol. The van der Waals surface area contributed by atoms with Gasteiger partial charge in [0.05, 0.1) is 18.4 Å². The molecule has 0 aromatic heterocycles. The summed E-state index contributed by atoms with van der Waals surface area (Å²) in [6.07, 6.45) is 0. The number of para-hydroxylation sites is 1. The van der Waals surface area contributed by atoms with E-state index in [2.05, 4.69) is 10.5 Å². The fraction of sp³-hybridized carbons (Fsp3) is 0.125. The molecule has 0 saturated carbocycles. The molecule has 5 heteroatoms. The van der Waals surface area contributed by atoms with E-state index < -0.39 is 0 Å². The number of nitrogen functional groups attached to an aromatic ring is 1. The lowest BCUT2D eigenvalue weighted by Crippen LogP contribution is -2.20. The van der Waals surface area contributed by atoms with Crippen LogP contribution in [0.15, 0.2) is 53.6 Å². The lowest BCUT2D eigenvalue weighted by atomic mass is 10.1. The van der Waals surface area contributed by atoms with Crippen molar-refractivity contribution in [3.05, 3.63) is 59.7 Å². The third-order valence-electron chi connectivity index (χ3n) is 3.01. The zero-order chi connectivity index (χ0) is 15.2. The minimum atomic E-state index is -0.317. The first-order valence-corrected chi connectivity index (χ1v) is 6.45. The SMILES string of the molecule is COc1ccccc1C(=O)N/N=C(/C)c1ccc(N)cc1. The molecule has 0 atom stereocenters. The number of methoxy groups -OCH3 is 1. The minimum absolute atomic E-state index is 0.317. The van der Waals surface area contributed by atoms with Crippen LogP contribution < -0.4 is 15.9 Å². The van der Waals surface area contributed by atoms with Crippen LogP contribution in [0.3, 0.4) is 0 Å². The quantitative estimate of drug-likeness (QED) is 0.514. The van der Waals surface area contributed by atoms with Gasteiger partial charge in [-0.05, 0) is 36.8 Å². The predicted molar refractivity (Wildman–Crippen MR) is 83.5 cm³/mol. The highest BCUT2D eigenvalue weighted by Crippen LogP contribution is 2.16. The Morgan fingerprint density at radius 1 is 1.14 bits per heavy atom. The van der Waals surface area contributed by atoms with E-state index in [1.165, 1.54) is 7.11 Å². The first-order chi connectivity index (χ1) is 10.1. The van der Waals surface area contributed by atoms with Crippen LogP contribution in [0.2, 0.25) is 0 Å². The summed E-state index contributed by atoms with van der Waals surface area (Å²) in [5, 5.41) is 4.10. The standard InChI is InChI=1S/C16H17N3O2/c1-11(12-7-9-13(17)10-8-12)18-19-16(20)14-5-3-4-6-15(14)21-2/h3-10H,17H2,1-2H3,(H,19,20)/b18-11-. The maximum absolute atomic E-state index is 12.1. The minimum Gasteiger partial charge on any atom is -0.496 e. The predicted octanol–water partition coefficient (Wildman–Crippen LogP) is 2.43. The van der Waals surface area contributed by atoms with Crippen molar-refractivity contribution in [3.8, 4) is 5.75 Å². The second-order valence-corrected chi connectivity index (χ2v) is 4.46. The van der Waals surface area contributed by atoms with Crippen LogP contribution >= 0.6 is 0 Å². The normalized spacial score (nSPS) is 11.0. The number of hydrazone groups is 1. The molecule has 3 N–H and O–H groups in total. The number of nitrogens with two attached hydrogens (primary N) is 1. The number of nitrogens with one attached hydrogen (secondary N) is 1. The number of carbonyl (C=O) groups excluding carboxylic acids is 1. The smallest absolute Gasteiger partial charge is 0.275 e. The van der Waals surface area contributed by atoms with Crippen molar-refractivity contribution in [1.82, 2.24) is 5.43 Å². The summed E-state index contributed by atoms with van der Waals surface area (Å²) in [5.74, 6) is 0.192. The molecular formula is C16H17N3O2. The molecular weight excluding hydrogens is 266 g/mol. The zero-order valence-electron chi connectivity index (χ0n) is 12.0. The van der Waals surface area contributed by atoms with Crippen molar-refractivity contribution in [2.75, 3.05) is 12.8 Å². The molecule has 2 aromatic carbocycles. The van der Waals surface area contributed by atoms with E-state index in [4.69, 9.17) is 10.5 Å². The molecule has 0 unspecified atom stereocenters. The summed E-state index contributed by atoms with van der Waals surface area (Å²) in [6.45, 7) is 1.81. The van der Waals surface area contributed by atoms with E-state index in [0.717, 1.165) is 5.56 Å². The summed E-state index contributed by atoms with van der Waals surface area (Å²) >= 11 is 0. The number of ether oxygens (including phenoxy) is 1. The largest absolute Gasteiger partial charge is 0.496 e. The number of hydrogen-bond acceptors (Lipinski definition) is 4. The molecule has 0 fully saturated rings. The zero-order valence-corrected chi connectivity index (χ0v) is 12.0. The van der Waals surface area contributed by atoms with Gasteiger partial charge < -0.3 is 10.5 Å². The van der Waals surface area contributed by atoms with Crippen molar-refractivity contribution in [1.29, 1.82) is 0 Å². The Bertz CT molecular complexity index is 663. The van der Waals surface area contributed by atoms with Gasteiger partial charge in [-0.1, -0.05) is 24.3 Å². The Kier molecular flexibility index (Phi) is 4.56. The summed E-state index contributed by atoms with van der Waals surface area (Å²) < 4.78 is 5.15. The maximum Gasteiger partial charge on any atom is 0.275 e. The van der Waals surface area contributed by atoms with Crippen molar-refractivity contribution in [2.45, 2.75) is 6.92 Å².